The summed E-state index contributed by atoms with van der Waals surface area (Å²) in [5.74, 6) is 8.69. The van der Waals surface area contributed by atoms with E-state index < -0.39 is 0 Å². The van der Waals surface area contributed by atoms with Gasteiger partial charge in [0, 0.05) is 17.5 Å². The van der Waals surface area contributed by atoms with Crippen LogP contribution in [0.15, 0.2) is 0 Å². The Morgan fingerprint density at radius 1 is 1.54 bits per heavy atom. The van der Waals surface area contributed by atoms with Crippen LogP contribution >= 0.6 is 11.8 Å². The van der Waals surface area contributed by atoms with E-state index in [4.69, 9.17) is 10.6 Å². The van der Waals surface area contributed by atoms with Crippen LogP contribution in [0.4, 0.5) is 0 Å². The van der Waals surface area contributed by atoms with E-state index in [1.165, 1.54) is 19.3 Å². The summed E-state index contributed by atoms with van der Waals surface area (Å²) in [5.41, 5.74) is 2.90. The van der Waals surface area contributed by atoms with Crippen molar-refractivity contribution in [3.8, 4) is 0 Å². The smallest absolute Gasteiger partial charge is 0.0832 e. The van der Waals surface area contributed by atoms with E-state index in [-0.39, 0.29) is 0 Å². The molecule has 0 aromatic rings. The average Bonchev–Trinajstić information content (AvgIpc) is 2.99. The minimum atomic E-state index is 0.337. The molecule has 76 valence electrons. The van der Waals surface area contributed by atoms with Gasteiger partial charge >= 0.3 is 0 Å². The number of hydrazine groups is 1. The van der Waals surface area contributed by atoms with E-state index in [1.807, 2.05) is 11.8 Å². The van der Waals surface area contributed by atoms with Crippen LogP contribution in [0.5, 0.6) is 0 Å². The highest BCUT2D eigenvalue weighted by atomic mass is 32.2. The predicted octanol–water partition coefficient (Wildman–Crippen LogP) is 0.750. The van der Waals surface area contributed by atoms with Crippen LogP contribution in [-0.2, 0) is 4.74 Å². The first kappa shape index (κ1) is 9.77. The largest absolute Gasteiger partial charge is 0.375 e. The molecule has 1 aliphatic heterocycles. The number of nitrogens with two attached hydrogens (primary N) is 1. The molecular weight excluding hydrogens is 184 g/mol. The van der Waals surface area contributed by atoms with Crippen molar-refractivity contribution in [1.82, 2.24) is 5.43 Å². The zero-order chi connectivity index (χ0) is 9.10. The van der Waals surface area contributed by atoms with E-state index in [0.29, 0.717) is 12.1 Å². The molecule has 0 amide bonds. The maximum atomic E-state index is 5.70. The molecule has 1 aliphatic carbocycles. The van der Waals surface area contributed by atoms with Gasteiger partial charge in [0.05, 0.1) is 12.7 Å². The van der Waals surface area contributed by atoms with E-state index in [1.54, 1.807) is 0 Å². The summed E-state index contributed by atoms with van der Waals surface area (Å²) in [7, 11) is 0. The predicted molar refractivity (Wildman–Crippen MR) is 55.5 cm³/mol. The Labute approximate surface area is 83.7 Å². The fourth-order valence-corrected chi connectivity index (χ4v) is 2.72. The van der Waals surface area contributed by atoms with Crippen molar-refractivity contribution < 1.29 is 4.74 Å². The van der Waals surface area contributed by atoms with Crippen molar-refractivity contribution in [3.63, 3.8) is 0 Å². The summed E-state index contributed by atoms with van der Waals surface area (Å²) in [6, 6.07) is 0.375. The maximum absolute atomic E-state index is 5.70. The summed E-state index contributed by atoms with van der Waals surface area (Å²) in [6.45, 7) is 0.887. The molecule has 0 bridgehead atoms. The average molecular weight is 202 g/mol. The SMILES string of the molecule is NNC(CC1CC1)C1CSCCO1. The molecule has 13 heavy (non-hydrogen) atoms. The third-order valence-electron chi connectivity index (χ3n) is 2.79. The highest BCUT2D eigenvalue weighted by molar-refractivity contribution is 7.99. The van der Waals surface area contributed by atoms with Gasteiger partial charge < -0.3 is 4.74 Å². The molecule has 4 heteroatoms. The molecule has 0 aromatic heterocycles. The number of thioether (sulfide) groups is 1. The summed E-state index contributed by atoms with van der Waals surface area (Å²) < 4.78 is 5.70. The second kappa shape index (κ2) is 4.64. The van der Waals surface area contributed by atoms with Crippen molar-refractivity contribution >= 4 is 11.8 Å². The fraction of sp³-hybridized carbons (Fsp3) is 1.00. The topological polar surface area (TPSA) is 47.3 Å². The van der Waals surface area contributed by atoms with Crippen molar-refractivity contribution in [2.24, 2.45) is 11.8 Å². The lowest BCUT2D eigenvalue weighted by Gasteiger charge is -2.29. The highest BCUT2D eigenvalue weighted by Crippen LogP contribution is 2.34. The Hall–Kier alpha value is 0.230. The minimum Gasteiger partial charge on any atom is -0.375 e. The summed E-state index contributed by atoms with van der Waals surface area (Å²) in [4.78, 5) is 0. The summed E-state index contributed by atoms with van der Waals surface area (Å²) in [6.07, 6.45) is 4.31. The summed E-state index contributed by atoms with van der Waals surface area (Å²) >= 11 is 1.97. The molecule has 2 fully saturated rings. The van der Waals surface area contributed by atoms with Crippen molar-refractivity contribution in [1.29, 1.82) is 0 Å². The molecule has 2 unspecified atom stereocenters. The fourth-order valence-electron chi connectivity index (χ4n) is 1.78. The molecule has 2 aliphatic rings. The normalized spacial score (nSPS) is 31.6. The van der Waals surface area contributed by atoms with Gasteiger partial charge in [0.15, 0.2) is 0 Å². The molecule has 2 rings (SSSR count). The number of nitrogens with one attached hydrogen (secondary N) is 1. The van der Waals surface area contributed by atoms with E-state index in [9.17, 15) is 0 Å². The van der Waals surface area contributed by atoms with Crippen LogP contribution in [0.25, 0.3) is 0 Å². The van der Waals surface area contributed by atoms with Gasteiger partial charge in [-0.15, -0.1) is 0 Å². The molecule has 0 spiro atoms. The molecule has 0 aromatic carbocycles. The standard InChI is InChI=1S/C9H18N2OS/c10-11-8(5-7-1-2-7)9-6-13-4-3-12-9/h7-9,11H,1-6,10H2. The van der Waals surface area contributed by atoms with Gasteiger partial charge in [0.25, 0.3) is 0 Å². The zero-order valence-corrected chi connectivity index (χ0v) is 8.69. The monoisotopic (exact) mass is 202 g/mol. The number of rotatable bonds is 4. The van der Waals surface area contributed by atoms with Gasteiger partial charge in [0.2, 0.25) is 0 Å². The van der Waals surface area contributed by atoms with Crippen LogP contribution in [0.2, 0.25) is 0 Å². The molecule has 2 atom stereocenters. The number of hydrogen-bond acceptors (Lipinski definition) is 4. The zero-order valence-electron chi connectivity index (χ0n) is 7.87. The Bertz CT molecular complexity index is 158. The minimum absolute atomic E-state index is 0.337. The quantitative estimate of drug-likeness (QED) is 0.522. The van der Waals surface area contributed by atoms with Crippen LogP contribution in [0.3, 0.4) is 0 Å². The van der Waals surface area contributed by atoms with Gasteiger partial charge in [-0.3, -0.25) is 11.3 Å². The molecule has 3 N–H and O–H groups in total. The molecule has 1 heterocycles. The molecule has 0 radical (unpaired) electrons. The van der Waals surface area contributed by atoms with Crippen LogP contribution in [0, 0.1) is 5.92 Å². The van der Waals surface area contributed by atoms with Gasteiger partial charge in [-0.2, -0.15) is 11.8 Å². The first-order valence-electron chi connectivity index (χ1n) is 5.05. The van der Waals surface area contributed by atoms with Crippen molar-refractivity contribution in [2.75, 3.05) is 18.1 Å². The second-order valence-corrected chi connectivity index (χ2v) is 5.09. The maximum Gasteiger partial charge on any atom is 0.0832 e. The van der Waals surface area contributed by atoms with Crippen molar-refractivity contribution in [2.45, 2.75) is 31.4 Å². The number of ether oxygens (including phenoxy) is 1. The molecule has 1 saturated carbocycles. The van der Waals surface area contributed by atoms with Crippen LogP contribution in [-0.4, -0.2) is 30.3 Å². The third kappa shape index (κ3) is 2.84. The molecule has 1 saturated heterocycles. The lowest BCUT2D eigenvalue weighted by molar-refractivity contribution is 0.0433. The Balaban J connectivity index is 1.78. The van der Waals surface area contributed by atoms with E-state index in [2.05, 4.69) is 5.43 Å². The Morgan fingerprint density at radius 3 is 2.92 bits per heavy atom. The Kier molecular flexibility index (Phi) is 3.49. The second-order valence-electron chi connectivity index (χ2n) is 3.94. The lowest BCUT2D eigenvalue weighted by atomic mass is 10.1. The summed E-state index contributed by atoms with van der Waals surface area (Å²) in [5, 5.41) is 0. The van der Waals surface area contributed by atoms with E-state index >= 15 is 0 Å². The lowest BCUT2D eigenvalue weighted by Crippen LogP contribution is -2.48. The third-order valence-corrected chi connectivity index (χ3v) is 3.81. The molecular formula is C9H18N2OS. The van der Waals surface area contributed by atoms with E-state index in [0.717, 1.165) is 24.0 Å². The first-order chi connectivity index (χ1) is 6.40. The van der Waals surface area contributed by atoms with Crippen LogP contribution < -0.4 is 11.3 Å². The molecule has 3 nitrogen and oxygen atoms in total. The van der Waals surface area contributed by atoms with Gasteiger partial charge in [-0.1, -0.05) is 12.8 Å². The van der Waals surface area contributed by atoms with Gasteiger partial charge in [-0.25, -0.2) is 0 Å². The van der Waals surface area contributed by atoms with Crippen LogP contribution in [0.1, 0.15) is 19.3 Å². The van der Waals surface area contributed by atoms with Crippen molar-refractivity contribution in [3.05, 3.63) is 0 Å². The highest BCUT2D eigenvalue weighted by Gasteiger charge is 2.30. The van der Waals surface area contributed by atoms with Gasteiger partial charge in [-0.05, 0) is 12.3 Å². The number of hydrogen-bond donors (Lipinski definition) is 2. The first-order valence-corrected chi connectivity index (χ1v) is 6.21. The Morgan fingerprint density at radius 2 is 2.38 bits per heavy atom. The van der Waals surface area contributed by atoms with Gasteiger partial charge in [0.1, 0.15) is 0 Å².